The third-order valence-electron chi connectivity index (χ3n) is 1.73. The van der Waals surface area contributed by atoms with Gasteiger partial charge in [0.2, 0.25) is 0 Å². The van der Waals surface area contributed by atoms with E-state index in [1.165, 1.54) is 0 Å². The van der Waals surface area contributed by atoms with E-state index in [0.717, 1.165) is 12.1 Å². The van der Waals surface area contributed by atoms with E-state index in [4.69, 9.17) is 15.9 Å². The molecule has 0 radical (unpaired) electrons. The lowest BCUT2D eigenvalue weighted by atomic mass is 10.1. The Morgan fingerprint density at radius 3 is 2.38 bits per heavy atom. The molecule has 0 spiro atoms. The lowest BCUT2D eigenvalue weighted by Gasteiger charge is -2.08. The van der Waals surface area contributed by atoms with Crippen molar-refractivity contribution in [2.45, 2.75) is 11.3 Å². The summed E-state index contributed by atoms with van der Waals surface area (Å²) in [4.78, 5) is -0.761. The molecule has 0 N–H and O–H groups in total. The van der Waals surface area contributed by atoms with Crippen LogP contribution < -0.4 is 0 Å². The second-order valence-electron chi connectivity index (χ2n) is 2.70. The molecular formula is C8H3BrClF2NO2S. The molecule has 0 aliphatic heterocycles. The maximum absolute atomic E-state index is 12.5. The molecule has 0 atom stereocenters. The molecule has 0 saturated carbocycles. The minimum Gasteiger partial charge on any atom is -0.207 e. The van der Waals surface area contributed by atoms with Crippen LogP contribution >= 0.6 is 26.6 Å². The number of rotatable bonds is 2. The monoisotopic (exact) mass is 329 g/mol. The molecule has 0 heterocycles. The summed E-state index contributed by atoms with van der Waals surface area (Å²) in [7, 11) is 0.694. The molecule has 1 aromatic carbocycles. The van der Waals surface area contributed by atoms with Gasteiger partial charge in [-0.2, -0.15) is 5.26 Å². The number of hydrogen-bond acceptors (Lipinski definition) is 3. The second-order valence-corrected chi connectivity index (χ2v) is 5.99. The van der Waals surface area contributed by atoms with Gasteiger partial charge < -0.3 is 0 Å². The summed E-state index contributed by atoms with van der Waals surface area (Å²) in [5.74, 6) is 0. The summed E-state index contributed by atoms with van der Waals surface area (Å²) in [6, 6.07) is 3.62. The Kier molecular flexibility index (Phi) is 3.88. The van der Waals surface area contributed by atoms with Gasteiger partial charge in [-0.3, -0.25) is 0 Å². The molecule has 86 valence electrons. The lowest BCUT2D eigenvalue weighted by Crippen LogP contribution is -2.01. The van der Waals surface area contributed by atoms with Crippen LogP contribution in [0.25, 0.3) is 0 Å². The van der Waals surface area contributed by atoms with Crippen molar-refractivity contribution < 1.29 is 17.2 Å². The number of halogens is 4. The predicted molar refractivity (Wildman–Crippen MR) is 56.9 cm³/mol. The van der Waals surface area contributed by atoms with E-state index in [1.807, 2.05) is 0 Å². The molecule has 8 heteroatoms. The predicted octanol–water partition coefficient (Wildman–Crippen LogP) is 3.19. The van der Waals surface area contributed by atoms with E-state index in [2.05, 4.69) is 15.9 Å². The molecule has 0 saturated heterocycles. The zero-order chi connectivity index (χ0) is 12.5. The van der Waals surface area contributed by atoms with E-state index >= 15 is 0 Å². The van der Waals surface area contributed by atoms with Crippen molar-refractivity contribution in [2.75, 3.05) is 0 Å². The fraction of sp³-hybridized carbons (Fsp3) is 0.125. The first kappa shape index (κ1) is 13.4. The Morgan fingerprint density at radius 2 is 2.00 bits per heavy atom. The molecule has 3 nitrogen and oxygen atoms in total. The maximum Gasteiger partial charge on any atom is 0.265 e. The quantitative estimate of drug-likeness (QED) is 0.783. The van der Waals surface area contributed by atoms with Crippen molar-refractivity contribution >= 4 is 35.7 Å². The smallest absolute Gasteiger partial charge is 0.207 e. The van der Waals surface area contributed by atoms with Gasteiger partial charge in [-0.1, -0.05) is 6.07 Å². The second kappa shape index (κ2) is 4.65. The highest BCUT2D eigenvalue weighted by atomic mass is 79.9. The van der Waals surface area contributed by atoms with Gasteiger partial charge in [0.15, 0.2) is 0 Å². The van der Waals surface area contributed by atoms with Crippen molar-refractivity contribution in [2.24, 2.45) is 0 Å². The van der Waals surface area contributed by atoms with Crippen molar-refractivity contribution in [3.8, 4) is 6.07 Å². The molecule has 0 bridgehead atoms. The molecule has 0 aromatic heterocycles. The van der Waals surface area contributed by atoms with Gasteiger partial charge in [0.25, 0.3) is 15.5 Å². The molecular weight excluding hydrogens is 328 g/mol. The Morgan fingerprint density at radius 1 is 1.44 bits per heavy atom. The molecule has 1 rings (SSSR count). The minimum absolute atomic E-state index is 0.0800. The fourth-order valence-corrected chi connectivity index (χ4v) is 3.71. The highest BCUT2D eigenvalue weighted by molar-refractivity contribution is 9.10. The van der Waals surface area contributed by atoms with E-state index in [0.29, 0.717) is 0 Å². The summed E-state index contributed by atoms with van der Waals surface area (Å²) in [6.07, 6.45) is -2.99. The van der Waals surface area contributed by atoms with E-state index in [-0.39, 0.29) is 10.0 Å². The molecule has 0 amide bonds. The maximum atomic E-state index is 12.5. The van der Waals surface area contributed by atoms with Crippen LogP contribution in [0.1, 0.15) is 17.6 Å². The zero-order valence-corrected chi connectivity index (χ0v) is 10.6. The van der Waals surface area contributed by atoms with Crippen LogP contribution in [0.15, 0.2) is 21.5 Å². The Bertz CT molecular complexity index is 568. The van der Waals surface area contributed by atoms with Crippen molar-refractivity contribution in [1.29, 1.82) is 5.26 Å². The summed E-state index contributed by atoms with van der Waals surface area (Å²) in [6.45, 7) is 0. The Balaban J connectivity index is 3.72. The highest BCUT2D eigenvalue weighted by Gasteiger charge is 2.26. The summed E-state index contributed by atoms with van der Waals surface area (Å²) < 4.78 is 47.1. The summed E-state index contributed by atoms with van der Waals surface area (Å²) >= 11 is 2.78. The zero-order valence-electron chi connectivity index (χ0n) is 7.42. The SMILES string of the molecule is N#Cc1ccc(C(F)F)c(S(=O)(=O)Cl)c1Br. The van der Waals surface area contributed by atoms with Gasteiger partial charge in [-0.15, -0.1) is 0 Å². The number of nitriles is 1. The Hall–Kier alpha value is -0.710. The molecule has 0 fully saturated rings. The van der Waals surface area contributed by atoms with Crippen LogP contribution in [-0.2, 0) is 9.05 Å². The van der Waals surface area contributed by atoms with Crippen LogP contribution in [0.3, 0.4) is 0 Å². The lowest BCUT2D eigenvalue weighted by molar-refractivity contribution is 0.148. The fourth-order valence-electron chi connectivity index (χ4n) is 1.08. The molecule has 0 aliphatic carbocycles. The van der Waals surface area contributed by atoms with Gasteiger partial charge in [-0.05, 0) is 22.0 Å². The Labute approximate surface area is 103 Å². The molecule has 16 heavy (non-hydrogen) atoms. The van der Waals surface area contributed by atoms with Gasteiger partial charge in [0.05, 0.1) is 10.0 Å². The number of hydrogen-bond donors (Lipinski definition) is 0. The molecule has 1 aromatic rings. The van der Waals surface area contributed by atoms with Crippen molar-refractivity contribution in [3.63, 3.8) is 0 Å². The van der Waals surface area contributed by atoms with Gasteiger partial charge in [0.1, 0.15) is 11.0 Å². The molecule has 0 aliphatic rings. The standard InChI is InChI=1S/C8H3BrClF2NO2S/c9-6-4(3-13)1-2-5(8(11)12)7(6)16(10,14)15/h1-2,8H. The highest BCUT2D eigenvalue weighted by Crippen LogP contribution is 2.36. The summed E-state index contributed by atoms with van der Waals surface area (Å²) in [5.41, 5.74) is -0.815. The normalized spacial score (nSPS) is 11.5. The summed E-state index contributed by atoms with van der Waals surface area (Å²) in [5, 5.41) is 8.63. The number of benzene rings is 1. The average Bonchev–Trinajstić information content (AvgIpc) is 2.14. The van der Waals surface area contributed by atoms with Crippen LogP contribution in [0.4, 0.5) is 8.78 Å². The van der Waals surface area contributed by atoms with Crippen molar-refractivity contribution in [1.82, 2.24) is 0 Å². The van der Waals surface area contributed by atoms with E-state index in [1.54, 1.807) is 6.07 Å². The first-order valence-corrected chi connectivity index (χ1v) is 6.84. The van der Waals surface area contributed by atoms with Crippen LogP contribution in [0, 0.1) is 11.3 Å². The topological polar surface area (TPSA) is 57.9 Å². The van der Waals surface area contributed by atoms with E-state index < -0.39 is 25.9 Å². The number of nitrogens with zero attached hydrogens (tertiary/aromatic N) is 1. The van der Waals surface area contributed by atoms with Crippen molar-refractivity contribution in [3.05, 3.63) is 27.7 Å². The molecule has 0 unspecified atom stereocenters. The minimum atomic E-state index is -4.35. The van der Waals surface area contributed by atoms with E-state index in [9.17, 15) is 17.2 Å². The first-order valence-electron chi connectivity index (χ1n) is 3.74. The first-order chi connectivity index (χ1) is 7.29. The number of alkyl halides is 2. The largest absolute Gasteiger partial charge is 0.265 e. The van der Waals surface area contributed by atoms with Crippen LogP contribution in [0.5, 0.6) is 0 Å². The van der Waals surface area contributed by atoms with Crippen LogP contribution in [0.2, 0.25) is 0 Å². The average molecular weight is 331 g/mol. The third-order valence-corrected chi connectivity index (χ3v) is 4.20. The van der Waals surface area contributed by atoms with Gasteiger partial charge >= 0.3 is 0 Å². The van der Waals surface area contributed by atoms with Gasteiger partial charge in [-0.25, -0.2) is 17.2 Å². The third kappa shape index (κ3) is 2.51. The van der Waals surface area contributed by atoms with Crippen LogP contribution in [-0.4, -0.2) is 8.42 Å². The van der Waals surface area contributed by atoms with Gasteiger partial charge in [0, 0.05) is 16.2 Å².